The van der Waals surface area contributed by atoms with E-state index in [0.29, 0.717) is 31.0 Å². The second kappa shape index (κ2) is 8.80. The van der Waals surface area contributed by atoms with E-state index >= 15 is 0 Å². The summed E-state index contributed by atoms with van der Waals surface area (Å²) in [6.45, 7) is 0.820. The molecule has 0 aliphatic rings. The Kier molecular flexibility index (Phi) is 7.03. The van der Waals surface area contributed by atoms with Crippen LogP contribution in [0.1, 0.15) is 12.0 Å². The Morgan fingerprint density at radius 1 is 1.29 bits per heavy atom. The minimum Gasteiger partial charge on any atom is -0.493 e. The van der Waals surface area contributed by atoms with Crippen molar-refractivity contribution in [3.63, 3.8) is 0 Å². The summed E-state index contributed by atoms with van der Waals surface area (Å²) in [5.41, 5.74) is 5.90. The normalized spacial score (nSPS) is 10.0. The SMILES string of the molecule is CNCCC(=O)NCc1ccc(OCC(N)=O)c(OC)c1. The summed E-state index contributed by atoms with van der Waals surface area (Å²) in [6.07, 6.45) is 0.424. The molecule has 1 rings (SSSR count). The third kappa shape index (κ3) is 6.13. The molecule has 0 aliphatic carbocycles. The molecule has 0 saturated carbocycles. The molecular weight excluding hydrogens is 274 g/mol. The van der Waals surface area contributed by atoms with Crippen LogP contribution in [0.3, 0.4) is 0 Å². The fourth-order valence-corrected chi connectivity index (χ4v) is 1.62. The van der Waals surface area contributed by atoms with Crippen LogP contribution in [-0.4, -0.2) is 39.1 Å². The third-order valence-corrected chi connectivity index (χ3v) is 2.69. The van der Waals surface area contributed by atoms with Gasteiger partial charge < -0.3 is 25.8 Å². The maximum absolute atomic E-state index is 11.5. The van der Waals surface area contributed by atoms with Crippen molar-refractivity contribution in [1.29, 1.82) is 0 Å². The van der Waals surface area contributed by atoms with Crippen molar-refractivity contribution in [2.24, 2.45) is 5.73 Å². The van der Waals surface area contributed by atoms with Crippen molar-refractivity contribution in [1.82, 2.24) is 10.6 Å². The van der Waals surface area contributed by atoms with Crippen molar-refractivity contribution in [2.45, 2.75) is 13.0 Å². The number of hydrogen-bond donors (Lipinski definition) is 3. The molecule has 1 aromatic rings. The molecule has 2 amide bonds. The zero-order valence-corrected chi connectivity index (χ0v) is 12.3. The molecule has 7 nitrogen and oxygen atoms in total. The van der Waals surface area contributed by atoms with Crippen molar-refractivity contribution in [3.05, 3.63) is 23.8 Å². The molecule has 0 aliphatic heterocycles. The highest BCUT2D eigenvalue weighted by atomic mass is 16.5. The van der Waals surface area contributed by atoms with E-state index in [-0.39, 0.29) is 12.5 Å². The first-order valence-electron chi connectivity index (χ1n) is 6.56. The predicted molar refractivity (Wildman–Crippen MR) is 78.1 cm³/mol. The molecule has 0 bridgehead atoms. The van der Waals surface area contributed by atoms with E-state index in [1.807, 2.05) is 0 Å². The van der Waals surface area contributed by atoms with E-state index < -0.39 is 5.91 Å². The van der Waals surface area contributed by atoms with Gasteiger partial charge in [0.2, 0.25) is 5.91 Å². The number of nitrogens with one attached hydrogen (secondary N) is 2. The van der Waals surface area contributed by atoms with Gasteiger partial charge in [0.1, 0.15) is 0 Å². The number of carbonyl (C=O) groups excluding carboxylic acids is 2. The molecule has 0 saturated heterocycles. The zero-order valence-electron chi connectivity index (χ0n) is 12.3. The smallest absolute Gasteiger partial charge is 0.255 e. The topological polar surface area (TPSA) is 103 Å². The number of methoxy groups -OCH3 is 1. The second-order valence-electron chi connectivity index (χ2n) is 4.37. The monoisotopic (exact) mass is 295 g/mol. The van der Waals surface area contributed by atoms with Crippen molar-refractivity contribution < 1.29 is 19.1 Å². The number of benzene rings is 1. The van der Waals surface area contributed by atoms with Crippen molar-refractivity contribution in [3.8, 4) is 11.5 Å². The summed E-state index contributed by atoms with van der Waals surface area (Å²) in [5.74, 6) is 0.329. The van der Waals surface area contributed by atoms with Crippen LogP contribution in [0.25, 0.3) is 0 Å². The average Bonchev–Trinajstić information content (AvgIpc) is 2.48. The van der Waals surface area contributed by atoms with Crippen molar-refractivity contribution in [2.75, 3.05) is 27.3 Å². The summed E-state index contributed by atoms with van der Waals surface area (Å²) >= 11 is 0. The van der Waals surface area contributed by atoms with Gasteiger partial charge in [-0.05, 0) is 24.7 Å². The number of carbonyl (C=O) groups is 2. The van der Waals surface area contributed by atoms with E-state index in [9.17, 15) is 9.59 Å². The number of nitrogens with two attached hydrogens (primary N) is 1. The molecule has 1 aromatic carbocycles. The van der Waals surface area contributed by atoms with Crippen LogP contribution in [0, 0.1) is 0 Å². The molecule has 0 aromatic heterocycles. The molecule has 0 spiro atoms. The third-order valence-electron chi connectivity index (χ3n) is 2.69. The Morgan fingerprint density at radius 2 is 2.05 bits per heavy atom. The Labute approximate surface area is 123 Å². The number of hydrogen-bond acceptors (Lipinski definition) is 5. The van der Waals surface area contributed by atoms with Crippen LogP contribution in [0.4, 0.5) is 0 Å². The molecule has 0 fully saturated rings. The van der Waals surface area contributed by atoms with Gasteiger partial charge in [-0.15, -0.1) is 0 Å². The van der Waals surface area contributed by atoms with Crippen molar-refractivity contribution >= 4 is 11.8 Å². The van der Waals surface area contributed by atoms with Gasteiger partial charge in [-0.3, -0.25) is 9.59 Å². The zero-order chi connectivity index (χ0) is 15.7. The van der Waals surface area contributed by atoms with Crippen LogP contribution in [0.2, 0.25) is 0 Å². The lowest BCUT2D eigenvalue weighted by molar-refractivity contribution is -0.121. The van der Waals surface area contributed by atoms with E-state index in [2.05, 4.69) is 10.6 Å². The second-order valence-corrected chi connectivity index (χ2v) is 4.37. The van der Waals surface area contributed by atoms with Crippen LogP contribution >= 0.6 is 0 Å². The summed E-state index contributed by atoms with van der Waals surface area (Å²) in [5, 5.41) is 5.72. The highest BCUT2D eigenvalue weighted by molar-refractivity contribution is 5.76. The first-order chi connectivity index (χ1) is 10.1. The van der Waals surface area contributed by atoms with Gasteiger partial charge in [0.05, 0.1) is 7.11 Å². The summed E-state index contributed by atoms with van der Waals surface area (Å²) in [7, 11) is 3.30. The fraction of sp³-hybridized carbons (Fsp3) is 0.429. The maximum Gasteiger partial charge on any atom is 0.255 e. The average molecular weight is 295 g/mol. The van der Waals surface area contributed by atoms with Gasteiger partial charge in [-0.2, -0.15) is 0 Å². The van der Waals surface area contributed by atoms with Gasteiger partial charge in [0, 0.05) is 19.5 Å². The minimum atomic E-state index is -0.557. The summed E-state index contributed by atoms with van der Waals surface area (Å²) in [6, 6.07) is 5.21. The molecule has 21 heavy (non-hydrogen) atoms. The Hall–Kier alpha value is -2.28. The lowest BCUT2D eigenvalue weighted by atomic mass is 10.2. The standard InChI is InChI=1S/C14H21N3O4/c1-16-6-5-14(19)17-8-10-3-4-11(12(7-10)20-2)21-9-13(15)18/h3-4,7,16H,5-6,8-9H2,1-2H3,(H2,15,18)(H,17,19). The highest BCUT2D eigenvalue weighted by Gasteiger charge is 2.08. The largest absolute Gasteiger partial charge is 0.493 e. The van der Waals surface area contributed by atoms with Crippen LogP contribution in [0.15, 0.2) is 18.2 Å². The summed E-state index contributed by atoms with van der Waals surface area (Å²) in [4.78, 5) is 22.2. The lowest BCUT2D eigenvalue weighted by Gasteiger charge is -2.11. The molecule has 0 radical (unpaired) electrons. The Bertz CT molecular complexity index is 491. The molecule has 0 heterocycles. The maximum atomic E-state index is 11.5. The highest BCUT2D eigenvalue weighted by Crippen LogP contribution is 2.27. The lowest BCUT2D eigenvalue weighted by Crippen LogP contribution is -2.26. The molecule has 0 atom stereocenters. The first kappa shape index (κ1) is 16.8. The van der Waals surface area contributed by atoms with Gasteiger partial charge in [0.25, 0.3) is 5.91 Å². The van der Waals surface area contributed by atoms with Gasteiger partial charge >= 0.3 is 0 Å². The molecular formula is C14H21N3O4. The van der Waals surface area contributed by atoms with E-state index in [1.54, 1.807) is 25.2 Å². The summed E-state index contributed by atoms with van der Waals surface area (Å²) < 4.78 is 10.4. The minimum absolute atomic E-state index is 0.0302. The Balaban J connectivity index is 2.60. The van der Waals surface area contributed by atoms with Crippen LogP contribution < -0.4 is 25.8 Å². The Morgan fingerprint density at radius 3 is 2.67 bits per heavy atom. The van der Waals surface area contributed by atoms with Crippen LogP contribution in [-0.2, 0) is 16.1 Å². The number of amides is 2. The van der Waals surface area contributed by atoms with E-state index in [1.165, 1.54) is 7.11 Å². The quantitative estimate of drug-likeness (QED) is 0.585. The van der Waals surface area contributed by atoms with Crippen LogP contribution in [0.5, 0.6) is 11.5 Å². The predicted octanol–water partition coefficient (Wildman–Crippen LogP) is -0.215. The molecule has 7 heteroatoms. The van der Waals surface area contributed by atoms with E-state index in [4.69, 9.17) is 15.2 Å². The van der Waals surface area contributed by atoms with Gasteiger partial charge in [-0.1, -0.05) is 6.07 Å². The first-order valence-corrected chi connectivity index (χ1v) is 6.56. The number of rotatable bonds is 9. The molecule has 0 unspecified atom stereocenters. The van der Waals surface area contributed by atoms with Gasteiger partial charge in [0.15, 0.2) is 18.1 Å². The van der Waals surface area contributed by atoms with E-state index in [0.717, 1.165) is 5.56 Å². The molecule has 4 N–H and O–H groups in total. The molecule has 116 valence electrons. The number of primary amides is 1. The fourth-order valence-electron chi connectivity index (χ4n) is 1.62. The van der Waals surface area contributed by atoms with Gasteiger partial charge in [-0.25, -0.2) is 0 Å². The number of ether oxygens (including phenoxy) is 2.